The van der Waals surface area contributed by atoms with E-state index in [4.69, 9.17) is 77.5 Å². The zero-order valence-electron chi connectivity index (χ0n) is 68.0. The van der Waals surface area contributed by atoms with Crippen molar-refractivity contribution in [1.29, 1.82) is 0 Å². The Labute approximate surface area is 704 Å². The zero-order valence-corrected chi connectivity index (χ0v) is 69.6. The van der Waals surface area contributed by atoms with Gasteiger partial charge in [0.1, 0.15) is 38.2 Å². The van der Waals surface area contributed by atoms with Gasteiger partial charge < -0.3 is 93.5 Å². The van der Waals surface area contributed by atoms with Crippen molar-refractivity contribution in [3.63, 3.8) is 0 Å². The largest absolute Gasteiger partial charge is 0.510 e. The van der Waals surface area contributed by atoms with E-state index >= 15 is 0 Å². The van der Waals surface area contributed by atoms with Crippen LogP contribution in [0.2, 0.25) is 0 Å². The van der Waals surface area contributed by atoms with Gasteiger partial charge in [0.25, 0.3) is 5.56 Å². The summed E-state index contributed by atoms with van der Waals surface area (Å²) in [5.74, 6) is 0.367. The molecule has 0 aliphatic carbocycles. The molecular weight excluding hydrogens is 1650 g/mol. The van der Waals surface area contributed by atoms with Crippen LogP contribution in [0, 0.1) is 11.8 Å². The van der Waals surface area contributed by atoms with Gasteiger partial charge in [0.2, 0.25) is 54.2 Å². The summed E-state index contributed by atoms with van der Waals surface area (Å²) < 4.78 is 151. The first-order valence-electron chi connectivity index (χ1n) is 38.9. The van der Waals surface area contributed by atoms with E-state index in [2.05, 4.69) is 53.4 Å². The predicted octanol–water partition coefficient (Wildman–Crippen LogP) is 4.06. The smallest absolute Gasteiger partial charge is 0.475 e. The number of unbranched alkanes of at least 4 members (excludes halogenated alkanes) is 2. The predicted molar refractivity (Wildman–Crippen MR) is 432 cm³/mol. The zero-order chi connectivity index (χ0) is 87.8. The molecule has 672 valence electrons. The van der Waals surface area contributed by atoms with Crippen molar-refractivity contribution < 1.29 is 126 Å². The van der Waals surface area contributed by atoms with Crippen LogP contribution in [-0.4, -0.2) is 272 Å². The number of hydrogen-bond acceptors (Lipinski definition) is 30. The van der Waals surface area contributed by atoms with Crippen LogP contribution in [0.4, 0.5) is 23.7 Å². The number of carbonyl (C=O) groups is 7. The first-order valence-corrected chi connectivity index (χ1v) is 42.7. The molecule has 38 nitrogen and oxygen atoms in total. The van der Waals surface area contributed by atoms with Crippen LogP contribution in [0.3, 0.4) is 0 Å². The number of nitrogens with two attached hydrogens (primary N) is 1. The third-order valence-electron chi connectivity index (χ3n) is 18.0. The van der Waals surface area contributed by atoms with Crippen molar-refractivity contribution in [2.45, 2.75) is 141 Å². The maximum Gasteiger partial charge on any atom is 0.510 e. The minimum absolute atomic E-state index is 0. The molecule has 8 rings (SSSR count). The number of aliphatic carboxylic acids is 1. The number of esters is 1. The van der Waals surface area contributed by atoms with Crippen molar-refractivity contribution in [2.75, 3.05) is 156 Å². The number of carboxylic acid groups (broad SMARTS) is 1. The molecule has 0 saturated carbocycles. The monoisotopic (exact) mass is 1760 g/mol. The van der Waals surface area contributed by atoms with Crippen molar-refractivity contribution in [1.82, 2.24) is 54.8 Å². The average molecular weight is 1760 g/mol. The number of carbonyl (C=O) groups excluding carboxylic acids is 6. The number of sulfone groups is 1. The van der Waals surface area contributed by atoms with Gasteiger partial charge in [-0.2, -0.15) is 17.5 Å². The van der Waals surface area contributed by atoms with E-state index in [0.717, 1.165) is 22.8 Å². The van der Waals surface area contributed by atoms with Crippen LogP contribution >= 0.6 is 0 Å². The number of aromatic nitrogens is 7. The summed E-state index contributed by atoms with van der Waals surface area (Å²) in [5, 5.41) is 26.7. The fourth-order valence-corrected chi connectivity index (χ4v) is 13.7. The van der Waals surface area contributed by atoms with Gasteiger partial charge >= 0.3 is 24.3 Å². The highest BCUT2D eigenvalue weighted by Crippen LogP contribution is 2.42. The van der Waals surface area contributed by atoms with Gasteiger partial charge in [0.05, 0.1) is 166 Å². The molecule has 2 aliphatic heterocycles. The van der Waals surface area contributed by atoms with Crippen LogP contribution in [0.25, 0.3) is 22.3 Å². The lowest BCUT2D eigenvalue weighted by molar-refractivity contribution is -0.192. The Kier molecular flexibility index (Phi) is 42.7. The second-order valence-electron chi connectivity index (χ2n) is 27.4. The van der Waals surface area contributed by atoms with E-state index in [1.54, 1.807) is 62.0 Å². The number of sulfonamides is 1. The summed E-state index contributed by atoms with van der Waals surface area (Å²) in [4.78, 5) is 115. The molecule has 7 N–H and O–H groups in total. The van der Waals surface area contributed by atoms with Gasteiger partial charge in [-0.15, -0.1) is 5.10 Å². The van der Waals surface area contributed by atoms with E-state index in [0.29, 0.717) is 177 Å². The number of amides is 4. The van der Waals surface area contributed by atoms with Crippen molar-refractivity contribution in [2.24, 2.45) is 5.73 Å². The van der Waals surface area contributed by atoms with Gasteiger partial charge in [0, 0.05) is 72.8 Å². The highest BCUT2D eigenvalue weighted by atomic mass is 32.2. The second kappa shape index (κ2) is 51.8. The third kappa shape index (κ3) is 33.6. The molecule has 2 aliphatic rings. The van der Waals surface area contributed by atoms with Crippen LogP contribution in [0.15, 0.2) is 83.1 Å². The lowest BCUT2D eigenvalue weighted by Gasteiger charge is -2.35. The van der Waals surface area contributed by atoms with Gasteiger partial charge in [-0.05, 0) is 94.3 Å². The number of pyridine rings is 2. The Morgan fingerprint density at radius 2 is 1.34 bits per heavy atom. The average Bonchev–Trinajstić information content (AvgIpc) is 1.51. The summed E-state index contributed by atoms with van der Waals surface area (Å²) in [5.41, 5.74) is 8.45. The number of nitrogens with zero attached hydrogens (tertiary/aromatic N) is 8. The Morgan fingerprint density at radius 3 is 1.92 bits per heavy atom. The number of nitrogens with one attached hydrogen (secondary N) is 4. The Bertz CT molecular complexity index is 4750. The number of para-hydroxylation sites is 1. The topological polar surface area (TPSA) is 488 Å². The number of ether oxygens (including phenoxy) is 12. The van der Waals surface area contributed by atoms with E-state index in [-0.39, 0.29) is 108 Å². The van der Waals surface area contributed by atoms with Gasteiger partial charge in [-0.25, -0.2) is 50.9 Å². The van der Waals surface area contributed by atoms with Crippen LogP contribution < -0.4 is 32.6 Å². The summed E-state index contributed by atoms with van der Waals surface area (Å²) in [6.07, 6.45) is 3.21. The molecule has 0 radical (unpaired) electrons. The maximum atomic E-state index is 14.4. The number of cyclic esters (lactones) is 1. The molecule has 2 aromatic carbocycles. The van der Waals surface area contributed by atoms with Crippen LogP contribution in [0.5, 0.6) is 0 Å². The van der Waals surface area contributed by atoms with Gasteiger partial charge in [0.15, 0.2) is 0 Å². The van der Waals surface area contributed by atoms with Gasteiger partial charge in [-0.3, -0.25) is 24.0 Å². The minimum atomic E-state index is -5.08. The number of alkyl halides is 3. The lowest BCUT2D eigenvalue weighted by Crippen LogP contribution is -2.47. The second-order valence-corrected chi connectivity index (χ2v) is 31.3. The standard InChI is InChI=1S/C76H103N13O23S2.C2HF3O2.CH4/c1-6-76(63-44-66-70-61(49-88(66)72(94)62(63)51-110-73(76)95)59(60-15-10-11-16-64(60)84-70)23-26-89(54(2)3)114(5,99)100)112-75(96)111-50-55-19-21-57(22-20-55)82-71(93)65(17-12-13-24-77)83-69(92)53-109-52-68(91)78-25-28-101-30-32-103-34-36-105-38-40-107-42-43-108-41-39-106-37-35-104-33-31-102-29-27-87-48-58(85-86-87)47-79-67(90)18-9-7-8-14-56-45-80-74(81-46-56)113(4,97)98;3-2(4,5)1(6)7;/h10-11,15-16,19-22,44-46,48,54,65H,6-7,9,12-13,17-18,23-43,47,49-53,77H2,1-5H3,(H,78,91)(H,79,90)(H,82,93)(H,83,92);(H,6,7);1H4/t65-,76-;;/m0../s1. The molecule has 0 unspecified atom stereocenters. The van der Waals surface area contributed by atoms with E-state index in [1.165, 1.54) is 27.5 Å². The minimum Gasteiger partial charge on any atom is -0.475 e. The third-order valence-corrected chi connectivity index (χ3v) is 20.3. The molecule has 0 spiro atoms. The number of carboxylic acids is 1. The van der Waals surface area contributed by atoms with Crippen molar-refractivity contribution >= 4 is 78.2 Å². The molecule has 6 aromatic rings. The summed E-state index contributed by atoms with van der Waals surface area (Å²) in [6.45, 7) is 11.2. The fraction of sp³-hybridized carbons (Fsp3) is 0.557. The van der Waals surface area contributed by atoms with E-state index in [9.17, 15) is 63.6 Å². The number of fused-ring (bicyclic) bond motifs is 5. The molecule has 0 bridgehead atoms. The number of hydrogen-bond donors (Lipinski definition) is 6. The Morgan fingerprint density at radius 1 is 0.754 bits per heavy atom. The highest BCUT2D eigenvalue weighted by Gasteiger charge is 2.51. The molecule has 4 amide bonds. The first kappa shape index (κ1) is 101. The molecule has 122 heavy (non-hydrogen) atoms. The molecular formula is C79H108F3N13O25S2. The molecule has 6 heterocycles. The number of benzene rings is 2. The quantitative estimate of drug-likeness (QED) is 0.0135. The van der Waals surface area contributed by atoms with Crippen molar-refractivity contribution in [3.05, 3.63) is 123 Å². The van der Waals surface area contributed by atoms with Crippen LogP contribution in [-0.2, 0) is 150 Å². The molecule has 43 heteroatoms. The number of rotatable bonds is 53. The molecule has 4 aromatic heterocycles. The van der Waals surface area contributed by atoms with E-state index < -0.39 is 92.3 Å². The summed E-state index contributed by atoms with van der Waals surface area (Å²) in [7, 11) is -7.02. The first-order chi connectivity index (χ1) is 57.9. The maximum absolute atomic E-state index is 14.4. The van der Waals surface area contributed by atoms with Crippen LogP contribution in [0.1, 0.15) is 112 Å². The SMILES string of the molecule is C.CC[C@@]1(OC(=O)OCc2ccc(NC(=O)[C@H](CCCCN)NC(=O)COCC(=O)NCCOCCOCCOCCOCCOCCOCCOCCOCCn3cc(CNC(=O)CCCC#Cc4cnc(S(C)(=O)=O)nc4)nn3)cc2)C(=O)OCc2c1cc1n(c2=O)Cc2c-1nc1ccccc1c2CCN(C(C)C)S(C)(=O)=O.O=C(O)C(F)(F)F. The normalized spacial score (nSPS) is 13.7. The molecule has 0 fully saturated rings. The lowest BCUT2D eigenvalue weighted by atomic mass is 9.85. The number of anilines is 1. The Balaban J connectivity index is 0.00000275. The van der Waals surface area contributed by atoms with E-state index in [1.807, 2.05) is 24.3 Å². The summed E-state index contributed by atoms with van der Waals surface area (Å²) in [6, 6.07) is 14.1. The Hall–Kier alpha value is -10.1. The van der Waals surface area contributed by atoms with Crippen molar-refractivity contribution in [3.8, 4) is 23.2 Å². The number of halogens is 3. The summed E-state index contributed by atoms with van der Waals surface area (Å²) >= 11 is 0. The molecule has 2 atom stereocenters. The molecule has 0 saturated heterocycles. The fourth-order valence-electron chi connectivity index (χ4n) is 12.0. The van der Waals surface area contributed by atoms with Gasteiger partial charge in [-0.1, -0.05) is 61.7 Å². The highest BCUT2D eigenvalue weighted by molar-refractivity contribution is 7.90.